The molecule has 1 unspecified atom stereocenters. The summed E-state index contributed by atoms with van der Waals surface area (Å²) in [7, 11) is 4.11. The number of rotatable bonds is 29. The summed E-state index contributed by atoms with van der Waals surface area (Å²) in [6.07, 6.45) is 38.9. The number of allylic oxidation sites excluding steroid dienone is 4. The smallest absolute Gasteiger partial charge is 0.306 e. The second-order valence-corrected chi connectivity index (χ2v) is 11.7. The number of ether oxygens (including phenoxy) is 1. The van der Waals surface area contributed by atoms with E-state index in [0.717, 1.165) is 32.2 Å². The molecule has 0 spiro atoms. The standard InChI is InChI=1S/C35H67NO2/c1-5-7-9-11-13-14-15-16-17-18-19-20-21-22-24-26-28-31-34(30-27-25-23-12-10-8-6-2)38-35(37)32-29-33-36(3)4/h13-14,16-17,34H,5-12,15,18-33H2,1-4H3/b14-13+,17-16+. The highest BCUT2D eigenvalue weighted by molar-refractivity contribution is 5.69. The number of esters is 1. The van der Waals surface area contributed by atoms with E-state index in [4.69, 9.17) is 4.74 Å². The highest BCUT2D eigenvalue weighted by Crippen LogP contribution is 2.18. The zero-order valence-corrected chi connectivity index (χ0v) is 26.3. The number of nitrogens with zero attached hydrogens (tertiary/aromatic N) is 1. The molecular formula is C35H67NO2. The fraction of sp³-hybridized carbons (Fsp3) is 0.857. The van der Waals surface area contributed by atoms with Gasteiger partial charge in [0.25, 0.3) is 0 Å². The fourth-order valence-corrected chi connectivity index (χ4v) is 4.91. The SMILES string of the molecule is CCCCC/C=C/C/C=C/CCCCCCCCCC(CCCCCCCCC)OC(=O)CCCN(C)C. The molecule has 0 aromatic heterocycles. The Labute approximate surface area is 239 Å². The van der Waals surface area contributed by atoms with Gasteiger partial charge in [-0.25, -0.2) is 0 Å². The summed E-state index contributed by atoms with van der Waals surface area (Å²) < 4.78 is 5.94. The number of carbonyl (C=O) groups is 1. The van der Waals surface area contributed by atoms with Crippen LogP contribution < -0.4 is 0 Å². The zero-order chi connectivity index (χ0) is 27.9. The molecule has 0 amide bonds. The quantitative estimate of drug-likeness (QED) is 0.0544. The van der Waals surface area contributed by atoms with Crippen molar-refractivity contribution in [3.63, 3.8) is 0 Å². The first kappa shape index (κ1) is 36.9. The van der Waals surface area contributed by atoms with Crippen molar-refractivity contribution in [3.8, 4) is 0 Å². The predicted octanol–water partition coefficient (Wildman–Crippen LogP) is 11.0. The largest absolute Gasteiger partial charge is 0.462 e. The van der Waals surface area contributed by atoms with Gasteiger partial charge in [0.2, 0.25) is 0 Å². The molecule has 0 aliphatic heterocycles. The topological polar surface area (TPSA) is 29.5 Å². The Morgan fingerprint density at radius 2 is 1.05 bits per heavy atom. The third kappa shape index (κ3) is 29.5. The molecule has 0 rings (SSSR count). The van der Waals surface area contributed by atoms with Crippen LogP contribution in [0.5, 0.6) is 0 Å². The Bertz CT molecular complexity index is 540. The van der Waals surface area contributed by atoms with Gasteiger partial charge in [0.1, 0.15) is 6.10 Å². The second-order valence-electron chi connectivity index (χ2n) is 11.7. The third-order valence-corrected chi connectivity index (χ3v) is 7.39. The Balaban J connectivity index is 3.90. The molecule has 1 atom stereocenters. The third-order valence-electron chi connectivity index (χ3n) is 7.39. The van der Waals surface area contributed by atoms with Crippen molar-refractivity contribution in [3.05, 3.63) is 24.3 Å². The van der Waals surface area contributed by atoms with E-state index in [2.05, 4.69) is 57.1 Å². The van der Waals surface area contributed by atoms with Crippen LogP contribution in [0.25, 0.3) is 0 Å². The number of unbranched alkanes of at least 4 members (excludes halogenated alkanes) is 16. The van der Waals surface area contributed by atoms with Crippen LogP contribution in [0.3, 0.4) is 0 Å². The summed E-state index contributed by atoms with van der Waals surface area (Å²) >= 11 is 0. The van der Waals surface area contributed by atoms with Gasteiger partial charge < -0.3 is 9.64 Å². The predicted molar refractivity (Wildman–Crippen MR) is 169 cm³/mol. The zero-order valence-electron chi connectivity index (χ0n) is 26.3. The Hall–Kier alpha value is -1.09. The Morgan fingerprint density at radius 1 is 0.605 bits per heavy atom. The van der Waals surface area contributed by atoms with Gasteiger partial charge in [-0.05, 0) is 84.8 Å². The van der Waals surface area contributed by atoms with Crippen LogP contribution >= 0.6 is 0 Å². The molecule has 0 fully saturated rings. The molecule has 0 saturated heterocycles. The monoisotopic (exact) mass is 534 g/mol. The minimum Gasteiger partial charge on any atom is -0.462 e. The van der Waals surface area contributed by atoms with Gasteiger partial charge in [0.05, 0.1) is 0 Å². The summed E-state index contributed by atoms with van der Waals surface area (Å²) in [5, 5.41) is 0. The molecule has 0 aromatic rings. The minimum absolute atomic E-state index is 0.0110. The van der Waals surface area contributed by atoms with Crippen molar-refractivity contribution in [2.24, 2.45) is 0 Å². The molecule has 0 radical (unpaired) electrons. The maximum absolute atomic E-state index is 12.4. The molecule has 0 aliphatic carbocycles. The van der Waals surface area contributed by atoms with Crippen molar-refractivity contribution >= 4 is 5.97 Å². The van der Waals surface area contributed by atoms with Gasteiger partial charge in [0.15, 0.2) is 0 Å². The van der Waals surface area contributed by atoms with E-state index in [-0.39, 0.29) is 12.1 Å². The molecule has 3 nitrogen and oxygen atoms in total. The number of hydrogen-bond donors (Lipinski definition) is 0. The van der Waals surface area contributed by atoms with E-state index < -0.39 is 0 Å². The Morgan fingerprint density at radius 3 is 1.58 bits per heavy atom. The lowest BCUT2D eigenvalue weighted by atomic mass is 10.0. The molecule has 0 aliphatic rings. The normalized spacial score (nSPS) is 12.8. The van der Waals surface area contributed by atoms with Gasteiger partial charge in [-0.2, -0.15) is 0 Å². The van der Waals surface area contributed by atoms with Crippen molar-refractivity contribution < 1.29 is 9.53 Å². The summed E-state index contributed by atoms with van der Waals surface area (Å²) in [5.41, 5.74) is 0. The van der Waals surface area contributed by atoms with E-state index >= 15 is 0 Å². The molecule has 0 heterocycles. The van der Waals surface area contributed by atoms with Crippen LogP contribution in [0.1, 0.15) is 168 Å². The maximum Gasteiger partial charge on any atom is 0.306 e. The fourth-order valence-electron chi connectivity index (χ4n) is 4.91. The first-order valence-electron chi connectivity index (χ1n) is 16.7. The summed E-state index contributed by atoms with van der Waals surface area (Å²) in [6.45, 7) is 5.48. The lowest BCUT2D eigenvalue weighted by molar-refractivity contribution is -0.150. The summed E-state index contributed by atoms with van der Waals surface area (Å²) in [5.74, 6) is 0.0110. The highest BCUT2D eigenvalue weighted by Gasteiger charge is 2.14. The van der Waals surface area contributed by atoms with Gasteiger partial charge in [-0.1, -0.05) is 122 Å². The van der Waals surface area contributed by atoms with Crippen molar-refractivity contribution in [2.45, 2.75) is 174 Å². The van der Waals surface area contributed by atoms with Crippen LogP contribution in [-0.4, -0.2) is 37.6 Å². The van der Waals surface area contributed by atoms with E-state index in [1.807, 2.05) is 0 Å². The molecule has 224 valence electrons. The average Bonchev–Trinajstić information content (AvgIpc) is 2.89. The van der Waals surface area contributed by atoms with E-state index in [1.165, 1.54) is 122 Å². The summed E-state index contributed by atoms with van der Waals surface area (Å²) in [4.78, 5) is 14.5. The van der Waals surface area contributed by atoms with Crippen molar-refractivity contribution in [2.75, 3.05) is 20.6 Å². The average molecular weight is 534 g/mol. The highest BCUT2D eigenvalue weighted by atomic mass is 16.5. The molecule has 0 bridgehead atoms. The first-order valence-corrected chi connectivity index (χ1v) is 16.7. The molecule has 0 N–H and O–H groups in total. The lowest BCUT2D eigenvalue weighted by Gasteiger charge is -2.18. The molecular weight excluding hydrogens is 466 g/mol. The first-order chi connectivity index (χ1) is 18.6. The van der Waals surface area contributed by atoms with Crippen molar-refractivity contribution in [1.82, 2.24) is 4.90 Å². The van der Waals surface area contributed by atoms with E-state index in [0.29, 0.717) is 6.42 Å². The number of hydrogen-bond acceptors (Lipinski definition) is 3. The molecule has 0 saturated carbocycles. The van der Waals surface area contributed by atoms with E-state index in [9.17, 15) is 4.79 Å². The number of carbonyl (C=O) groups excluding carboxylic acids is 1. The van der Waals surface area contributed by atoms with Gasteiger partial charge in [-0.15, -0.1) is 0 Å². The van der Waals surface area contributed by atoms with Crippen LogP contribution in [0, 0.1) is 0 Å². The van der Waals surface area contributed by atoms with Gasteiger partial charge in [0, 0.05) is 6.42 Å². The maximum atomic E-state index is 12.4. The lowest BCUT2D eigenvalue weighted by Crippen LogP contribution is -2.20. The minimum atomic E-state index is 0.0110. The van der Waals surface area contributed by atoms with Gasteiger partial charge >= 0.3 is 5.97 Å². The Kier molecular flexibility index (Phi) is 29.6. The van der Waals surface area contributed by atoms with Crippen LogP contribution in [0.2, 0.25) is 0 Å². The molecule has 3 heteroatoms. The second kappa shape index (κ2) is 30.5. The van der Waals surface area contributed by atoms with Crippen molar-refractivity contribution in [1.29, 1.82) is 0 Å². The van der Waals surface area contributed by atoms with Gasteiger partial charge in [-0.3, -0.25) is 4.79 Å². The molecule has 0 aromatic carbocycles. The van der Waals surface area contributed by atoms with E-state index in [1.54, 1.807) is 0 Å². The van der Waals surface area contributed by atoms with Crippen LogP contribution in [0.4, 0.5) is 0 Å². The molecule has 38 heavy (non-hydrogen) atoms. The van der Waals surface area contributed by atoms with Crippen LogP contribution in [0.15, 0.2) is 24.3 Å². The summed E-state index contributed by atoms with van der Waals surface area (Å²) in [6, 6.07) is 0. The van der Waals surface area contributed by atoms with Crippen LogP contribution in [-0.2, 0) is 9.53 Å².